The van der Waals surface area contributed by atoms with Crippen LogP contribution in [0.25, 0.3) is 0 Å². The molecule has 2 saturated heterocycles. The summed E-state index contributed by atoms with van der Waals surface area (Å²) in [5.41, 5.74) is 1.25. The van der Waals surface area contributed by atoms with Gasteiger partial charge in [0.25, 0.3) is 0 Å². The number of hydrogen-bond acceptors (Lipinski definition) is 7. The van der Waals surface area contributed by atoms with Gasteiger partial charge in [0.2, 0.25) is 11.0 Å². The third-order valence-corrected chi connectivity index (χ3v) is 4.06. The van der Waals surface area contributed by atoms with Gasteiger partial charge < -0.3 is 30.4 Å². The van der Waals surface area contributed by atoms with Gasteiger partial charge in [0.15, 0.2) is 11.6 Å². The number of rotatable bonds is 4. The first-order valence-corrected chi connectivity index (χ1v) is 7.85. The first-order chi connectivity index (χ1) is 10.8. The van der Waals surface area contributed by atoms with Gasteiger partial charge in [-0.3, -0.25) is 0 Å². The van der Waals surface area contributed by atoms with Gasteiger partial charge in [0, 0.05) is 32.3 Å². The Bertz CT molecular complexity index is 507. The highest BCUT2D eigenvalue weighted by atomic mass is 35.5. The molecule has 3 rings (SSSR count). The predicted molar refractivity (Wildman–Crippen MR) is 82.5 cm³/mol. The lowest BCUT2D eigenvalue weighted by atomic mass is 10.1. The number of hydrogen-bond donors (Lipinski definition) is 2. The Morgan fingerprint density at radius 3 is 2.50 bits per heavy atom. The Kier molecular flexibility index (Phi) is 5.27. The average molecular weight is 330 g/mol. The zero-order chi connectivity index (χ0) is 15.4. The molecule has 3 heterocycles. The second-order valence-corrected chi connectivity index (χ2v) is 5.66. The number of anilines is 2. The molecule has 3 N–H and O–H groups in total. The number of quaternary nitrogens is 1. The third-order valence-electron chi connectivity index (χ3n) is 3.89. The maximum absolute atomic E-state index is 11.6. The zero-order valence-electron chi connectivity index (χ0n) is 12.3. The summed E-state index contributed by atoms with van der Waals surface area (Å²) >= 11 is 6.06. The van der Waals surface area contributed by atoms with Crippen LogP contribution in [0.5, 0.6) is 0 Å². The molecule has 0 radical (unpaired) electrons. The maximum atomic E-state index is 11.6. The van der Waals surface area contributed by atoms with Crippen molar-refractivity contribution in [1.29, 1.82) is 0 Å². The highest BCUT2D eigenvalue weighted by Gasteiger charge is 2.24. The van der Waals surface area contributed by atoms with Crippen molar-refractivity contribution in [2.75, 3.05) is 49.7 Å². The minimum absolute atomic E-state index is 0.140. The van der Waals surface area contributed by atoms with Gasteiger partial charge in [-0.15, -0.1) is 0 Å². The highest BCUT2D eigenvalue weighted by molar-refractivity contribution is 6.28. The summed E-state index contributed by atoms with van der Waals surface area (Å²) in [6.45, 7) is 4.02. The predicted octanol–water partition coefficient (Wildman–Crippen LogP) is 0.250. The van der Waals surface area contributed by atoms with Crippen molar-refractivity contribution >= 4 is 28.9 Å². The smallest absolute Gasteiger partial charge is 0.226 e. The number of nitrogens with zero attached hydrogens (tertiary/aromatic N) is 3. The third kappa shape index (κ3) is 3.58. The van der Waals surface area contributed by atoms with Crippen LogP contribution in [0.1, 0.15) is 12.8 Å². The lowest BCUT2D eigenvalue weighted by Crippen LogP contribution is -2.71. The van der Waals surface area contributed by atoms with E-state index in [1.807, 2.05) is 4.90 Å². The molecule has 2 aliphatic heterocycles. The summed E-state index contributed by atoms with van der Waals surface area (Å²) in [6.07, 6.45) is 1.76. The fourth-order valence-electron chi connectivity index (χ4n) is 2.70. The topological polar surface area (TPSA) is 99.2 Å². The molecule has 9 heteroatoms. The summed E-state index contributed by atoms with van der Waals surface area (Å²) in [7, 11) is 0. The van der Waals surface area contributed by atoms with E-state index in [2.05, 4.69) is 15.3 Å². The Hall–Kier alpha value is -1.19. The molecule has 0 atom stereocenters. The normalized spacial score (nSPS) is 20.2. The van der Waals surface area contributed by atoms with E-state index in [1.54, 1.807) is 0 Å². The van der Waals surface area contributed by atoms with Gasteiger partial charge in [-0.1, -0.05) is 0 Å². The van der Waals surface area contributed by atoms with Crippen LogP contribution < -0.4 is 15.7 Å². The molecule has 22 heavy (non-hydrogen) atoms. The summed E-state index contributed by atoms with van der Waals surface area (Å²) < 4.78 is 10.7. The van der Waals surface area contributed by atoms with Crippen molar-refractivity contribution < 1.29 is 15.0 Å². The molecule has 2 aliphatic rings. The molecule has 0 spiro atoms. The van der Waals surface area contributed by atoms with Crippen LogP contribution >= 0.6 is 11.6 Å². The van der Waals surface area contributed by atoms with Crippen molar-refractivity contribution in [3.63, 3.8) is 0 Å². The second-order valence-electron chi connectivity index (χ2n) is 5.33. The van der Waals surface area contributed by atoms with E-state index in [0.717, 1.165) is 18.3 Å². The van der Waals surface area contributed by atoms with Crippen LogP contribution in [0.2, 0.25) is 5.28 Å². The number of aromatic nitrogens is 2. The Morgan fingerprint density at radius 1 is 1.14 bits per heavy atom. The van der Waals surface area contributed by atoms with Gasteiger partial charge in [-0.25, -0.2) is 0 Å². The van der Waals surface area contributed by atoms with Crippen LogP contribution in [0, 0.1) is 5.21 Å². The molecular formula is C13H20ClN5O3. The van der Waals surface area contributed by atoms with Gasteiger partial charge in [0.05, 0.1) is 13.2 Å². The van der Waals surface area contributed by atoms with E-state index in [9.17, 15) is 5.21 Å². The largest absolute Gasteiger partial charge is 0.630 e. The van der Waals surface area contributed by atoms with Gasteiger partial charge in [-0.2, -0.15) is 9.97 Å². The molecule has 0 saturated carbocycles. The van der Waals surface area contributed by atoms with E-state index in [1.165, 1.54) is 0 Å². The second kappa shape index (κ2) is 7.38. The van der Waals surface area contributed by atoms with Crippen LogP contribution in [0.15, 0.2) is 0 Å². The molecule has 8 nitrogen and oxygen atoms in total. The molecule has 0 bridgehead atoms. The SMILES string of the molecule is [O-][NH2+]c1c(NC2CCOCC2)nc(Cl)nc1N1CCOCC1. The molecule has 122 valence electrons. The van der Waals surface area contributed by atoms with E-state index >= 15 is 0 Å². The quantitative estimate of drug-likeness (QED) is 0.603. The summed E-state index contributed by atoms with van der Waals surface area (Å²) in [5, 5.41) is 15.1. The summed E-state index contributed by atoms with van der Waals surface area (Å²) in [5.74, 6) is 1.08. The number of morpholine rings is 1. The number of nitrogens with one attached hydrogen (secondary N) is 1. The van der Waals surface area contributed by atoms with E-state index in [4.69, 9.17) is 21.1 Å². The lowest BCUT2D eigenvalue weighted by Gasteiger charge is -2.30. The Labute approximate surface area is 133 Å². The number of nitrogens with two attached hydrogens (primary N) is 1. The first-order valence-electron chi connectivity index (χ1n) is 7.47. The van der Waals surface area contributed by atoms with Crippen LogP contribution in [0.3, 0.4) is 0 Å². The Balaban J connectivity index is 1.86. The Morgan fingerprint density at radius 2 is 1.82 bits per heavy atom. The molecule has 0 aliphatic carbocycles. The summed E-state index contributed by atoms with van der Waals surface area (Å²) in [6, 6.07) is 0.232. The van der Waals surface area contributed by atoms with E-state index < -0.39 is 0 Å². The van der Waals surface area contributed by atoms with Crippen LogP contribution in [-0.4, -0.2) is 55.5 Å². The maximum Gasteiger partial charge on any atom is 0.226 e. The fraction of sp³-hybridized carbons (Fsp3) is 0.692. The summed E-state index contributed by atoms with van der Waals surface area (Å²) in [4.78, 5) is 10.5. The molecule has 0 amide bonds. The monoisotopic (exact) mass is 329 g/mol. The van der Waals surface area contributed by atoms with Crippen molar-refractivity contribution in [2.24, 2.45) is 0 Å². The van der Waals surface area contributed by atoms with Crippen molar-refractivity contribution in [3.05, 3.63) is 10.5 Å². The van der Waals surface area contributed by atoms with Gasteiger partial charge >= 0.3 is 0 Å². The standard InChI is InChI=1S/C13H20ClN5O3/c14-13-16-11(15-9-1-5-21-6-2-9)10(18-20)12(17-13)19-3-7-22-8-4-19/h9H,1-8,18H2,(H,15,16,17). The van der Waals surface area contributed by atoms with Crippen molar-refractivity contribution in [3.8, 4) is 0 Å². The number of ether oxygens (including phenoxy) is 2. The van der Waals surface area contributed by atoms with E-state index in [0.29, 0.717) is 56.8 Å². The molecule has 0 aromatic carbocycles. The molecule has 1 aromatic rings. The molecular weight excluding hydrogens is 310 g/mol. The van der Waals surface area contributed by atoms with E-state index in [-0.39, 0.29) is 11.3 Å². The highest BCUT2D eigenvalue weighted by Crippen LogP contribution is 2.29. The van der Waals surface area contributed by atoms with Crippen LogP contribution in [-0.2, 0) is 9.47 Å². The lowest BCUT2D eigenvalue weighted by molar-refractivity contribution is -0.495. The fourth-order valence-corrected chi connectivity index (χ4v) is 2.87. The molecule has 2 fully saturated rings. The first kappa shape index (κ1) is 15.7. The van der Waals surface area contributed by atoms with Crippen LogP contribution in [0.4, 0.5) is 17.3 Å². The minimum atomic E-state index is 0.140. The van der Waals surface area contributed by atoms with Gasteiger partial charge in [0.1, 0.15) is 0 Å². The number of halogens is 1. The van der Waals surface area contributed by atoms with Crippen molar-refractivity contribution in [1.82, 2.24) is 9.97 Å². The zero-order valence-corrected chi connectivity index (χ0v) is 13.0. The molecule has 0 unspecified atom stereocenters. The van der Waals surface area contributed by atoms with Gasteiger partial charge in [-0.05, 0) is 24.4 Å². The average Bonchev–Trinajstić information content (AvgIpc) is 2.56. The minimum Gasteiger partial charge on any atom is -0.630 e. The van der Waals surface area contributed by atoms with Crippen molar-refractivity contribution in [2.45, 2.75) is 18.9 Å². The molecule has 1 aromatic heterocycles.